The minimum Gasteiger partial charge on any atom is -0.367 e. The van der Waals surface area contributed by atoms with Crippen molar-refractivity contribution in [3.05, 3.63) is 6.33 Å². The summed E-state index contributed by atoms with van der Waals surface area (Å²) in [5.74, 6) is 0.258. The van der Waals surface area contributed by atoms with Crippen molar-refractivity contribution in [1.29, 1.82) is 0 Å². The quantitative estimate of drug-likeness (QED) is 0.780. The molecule has 1 fully saturated rings. The maximum atomic E-state index is 12.1. The van der Waals surface area contributed by atoms with Crippen molar-refractivity contribution in [2.24, 2.45) is 5.92 Å². The summed E-state index contributed by atoms with van der Waals surface area (Å²) in [4.78, 5) is 31.3. The van der Waals surface area contributed by atoms with Crippen LogP contribution in [0.15, 0.2) is 6.33 Å². The Morgan fingerprint density at radius 2 is 1.85 bits per heavy atom. The number of amides is 2. The molecule has 2 heterocycles. The third-order valence-corrected chi connectivity index (χ3v) is 3.29. The molecule has 0 aliphatic carbocycles. The molecule has 0 bridgehead atoms. The van der Waals surface area contributed by atoms with Gasteiger partial charge in [0.15, 0.2) is 0 Å². The van der Waals surface area contributed by atoms with Crippen molar-refractivity contribution >= 4 is 17.8 Å². The molecule has 20 heavy (non-hydrogen) atoms. The van der Waals surface area contributed by atoms with Crippen LogP contribution in [-0.4, -0.2) is 62.6 Å². The van der Waals surface area contributed by atoms with Crippen LogP contribution in [-0.2, 0) is 16.1 Å². The SMILES string of the molecule is CC(C)C(=O)N1CCN(C(=O)Cn2cnc(N)n2)CC1. The smallest absolute Gasteiger partial charge is 0.244 e. The van der Waals surface area contributed by atoms with E-state index in [1.165, 1.54) is 11.0 Å². The van der Waals surface area contributed by atoms with Crippen LogP contribution in [0.25, 0.3) is 0 Å². The second-order valence-electron chi connectivity index (χ2n) is 5.16. The molecule has 1 aromatic rings. The van der Waals surface area contributed by atoms with Gasteiger partial charge in [0.2, 0.25) is 17.8 Å². The molecule has 110 valence electrons. The number of rotatable bonds is 3. The van der Waals surface area contributed by atoms with Gasteiger partial charge < -0.3 is 15.5 Å². The van der Waals surface area contributed by atoms with Gasteiger partial charge in [-0.3, -0.25) is 9.59 Å². The Hall–Kier alpha value is -2.12. The first kappa shape index (κ1) is 14.3. The molecule has 1 aromatic heterocycles. The van der Waals surface area contributed by atoms with Gasteiger partial charge in [0.05, 0.1) is 0 Å². The van der Waals surface area contributed by atoms with Crippen LogP contribution in [0.2, 0.25) is 0 Å². The van der Waals surface area contributed by atoms with Crippen LogP contribution in [0, 0.1) is 5.92 Å². The zero-order valence-electron chi connectivity index (χ0n) is 11.8. The summed E-state index contributed by atoms with van der Waals surface area (Å²) in [5.41, 5.74) is 5.40. The first-order valence-electron chi connectivity index (χ1n) is 6.69. The Kier molecular flexibility index (Phi) is 4.21. The fourth-order valence-corrected chi connectivity index (χ4v) is 2.17. The molecule has 0 radical (unpaired) electrons. The Labute approximate surface area is 117 Å². The topological polar surface area (TPSA) is 97.4 Å². The van der Waals surface area contributed by atoms with Gasteiger partial charge in [-0.05, 0) is 0 Å². The molecule has 8 heteroatoms. The average Bonchev–Trinajstić information content (AvgIpc) is 2.83. The van der Waals surface area contributed by atoms with Crippen LogP contribution < -0.4 is 5.73 Å². The summed E-state index contributed by atoms with van der Waals surface area (Å²) in [6.07, 6.45) is 1.44. The van der Waals surface area contributed by atoms with E-state index in [1.807, 2.05) is 18.7 Å². The van der Waals surface area contributed by atoms with Crippen LogP contribution in [0.3, 0.4) is 0 Å². The van der Waals surface area contributed by atoms with E-state index in [4.69, 9.17) is 5.73 Å². The first-order chi connectivity index (χ1) is 9.47. The molecule has 8 nitrogen and oxygen atoms in total. The van der Waals surface area contributed by atoms with Crippen LogP contribution in [0.1, 0.15) is 13.8 Å². The summed E-state index contributed by atoms with van der Waals surface area (Å²) in [5, 5.41) is 3.88. The molecule has 1 aliphatic rings. The predicted octanol–water partition coefficient (Wildman–Crippen LogP) is -0.813. The average molecular weight is 280 g/mol. The lowest BCUT2D eigenvalue weighted by Crippen LogP contribution is -2.52. The standard InChI is InChI=1S/C12H20N6O2/c1-9(2)11(20)17-5-3-16(4-6-17)10(19)7-18-8-14-12(13)15-18/h8-9H,3-7H2,1-2H3,(H2,13,15). The Morgan fingerprint density at radius 1 is 1.25 bits per heavy atom. The van der Waals surface area contributed by atoms with E-state index < -0.39 is 0 Å². The van der Waals surface area contributed by atoms with Crippen molar-refractivity contribution < 1.29 is 9.59 Å². The highest BCUT2D eigenvalue weighted by Gasteiger charge is 2.25. The van der Waals surface area contributed by atoms with Crippen molar-refractivity contribution in [1.82, 2.24) is 24.6 Å². The molecule has 0 unspecified atom stereocenters. The Morgan fingerprint density at radius 3 is 2.35 bits per heavy atom. The third-order valence-electron chi connectivity index (χ3n) is 3.29. The second kappa shape index (κ2) is 5.89. The lowest BCUT2D eigenvalue weighted by molar-refractivity contribution is -0.141. The molecule has 1 saturated heterocycles. The summed E-state index contributed by atoms with van der Waals surface area (Å²) in [6.45, 7) is 6.18. The van der Waals surface area contributed by atoms with E-state index in [0.29, 0.717) is 26.2 Å². The van der Waals surface area contributed by atoms with Crippen LogP contribution in [0.5, 0.6) is 0 Å². The Bertz CT molecular complexity index is 490. The Balaban J connectivity index is 1.84. The summed E-state index contributed by atoms with van der Waals surface area (Å²) in [6, 6.07) is 0. The van der Waals surface area contributed by atoms with E-state index in [2.05, 4.69) is 10.1 Å². The van der Waals surface area contributed by atoms with Crippen LogP contribution >= 0.6 is 0 Å². The van der Waals surface area contributed by atoms with Gasteiger partial charge in [0.1, 0.15) is 12.9 Å². The van der Waals surface area contributed by atoms with Gasteiger partial charge in [-0.25, -0.2) is 9.67 Å². The number of carbonyl (C=O) groups excluding carboxylic acids is 2. The zero-order valence-corrected chi connectivity index (χ0v) is 11.8. The predicted molar refractivity (Wildman–Crippen MR) is 72.4 cm³/mol. The van der Waals surface area contributed by atoms with Gasteiger partial charge in [-0.1, -0.05) is 13.8 Å². The number of hydrogen-bond acceptors (Lipinski definition) is 5. The maximum absolute atomic E-state index is 12.1. The minimum absolute atomic E-state index is 0.00428. The highest BCUT2D eigenvalue weighted by Crippen LogP contribution is 2.07. The molecule has 0 saturated carbocycles. The third kappa shape index (κ3) is 3.25. The fraction of sp³-hybridized carbons (Fsp3) is 0.667. The van der Waals surface area contributed by atoms with Crippen molar-refractivity contribution in [3.63, 3.8) is 0 Å². The van der Waals surface area contributed by atoms with Crippen molar-refractivity contribution in [2.45, 2.75) is 20.4 Å². The number of nitrogens with zero attached hydrogens (tertiary/aromatic N) is 5. The molecular formula is C12H20N6O2. The number of carbonyl (C=O) groups is 2. The number of nitrogen functional groups attached to an aromatic ring is 1. The zero-order chi connectivity index (χ0) is 14.7. The van der Waals surface area contributed by atoms with Gasteiger partial charge in [-0.2, -0.15) is 0 Å². The molecule has 2 amide bonds. The maximum Gasteiger partial charge on any atom is 0.244 e. The number of hydrogen-bond donors (Lipinski definition) is 1. The van der Waals surface area contributed by atoms with E-state index >= 15 is 0 Å². The van der Waals surface area contributed by atoms with Gasteiger partial charge in [0, 0.05) is 32.1 Å². The molecule has 2 rings (SSSR count). The number of piperazine rings is 1. The van der Waals surface area contributed by atoms with Gasteiger partial charge in [-0.15, -0.1) is 5.10 Å². The van der Waals surface area contributed by atoms with E-state index in [0.717, 1.165) is 0 Å². The molecular weight excluding hydrogens is 260 g/mol. The number of nitrogens with two attached hydrogens (primary N) is 1. The minimum atomic E-state index is -0.0356. The number of aromatic nitrogens is 3. The van der Waals surface area contributed by atoms with Crippen molar-refractivity contribution in [2.75, 3.05) is 31.9 Å². The molecule has 0 atom stereocenters. The van der Waals surface area contributed by atoms with Crippen molar-refractivity contribution in [3.8, 4) is 0 Å². The van der Waals surface area contributed by atoms with E-state index in [-0.39, 0.29) is 30.2 Å². The molecule has 0 spiro atoms. The first-order valence-corrected chi connectivity index (χ1v) is 6.69. The largest absolute Gasteiger partial charge is 0.367 e. The molecule has 0 aromatic carbocycles. The van der Waals surface area contributed by atoms with E-state index in [1.54, 1.807) is 4.90 Å². The number of anilines is 1. The summed E-state index contributed by atoms with van der Waals surface area (Å²) >= 11 is 0. The van der Waals surface area contributed by atoms with E-state index in [9.17, 15) is 9.59 Å². The normalized spacial score (nSPS) is 15.8. The fourth-order valence-electron chi connectivity index (χ4n) is 2.17. The highest BCUT2D eigenvalue weighted by molar-refractivity contribution is 5.79. The van der Waals surface area contributed by atoms with Gasteiger partial charge in [0.25, 0.3) is 0 Å². The van der Waals surface area contributed by atoms with Gasteiger partial charge >= 0.3 is 0 Å². The summed E-state index contributed by atoms with van der Waals surface area (Å²) in [7, 11) is 0. The molecule has 1 aliphatic heterocycles. The van der Waals surface area contributed by atoms with Crippen LogP contribution in [0.4, 0.5) is 5.95 Å². The lowest BCUT2D eigenvalue weighted by Gasteiger charge is -2.35. The molecule has 2 N–H and O–H groups in total. The monoisotopic (exact) mass is 280 g/mol. The highest BCUT2D eigenvalue weighted by atomic mass is 16.2. The summed E-state index contributed by atoms with van der Waals surface area (Å²) < 4.78 is 1.42. The lowest BCUT2D eigenvalue weighted by atomic mass is 10.1. The second-order valence-corrected chi connectivity index (χ2v) is 5.16.